The molecule has 0 aliphatic carbocycles. The standard InChI is InChI=1S/C17H11N3O2S2/c21-16(11-6-3-4-8-18-11)19-20-17(22)14-9-13-15(24-14)10-5-1-2-7-12(10)23-13/h1-9H,(H,19,21)(H,20,22). The van der Waals surface area contributed by atoms with Crippen LogP contribution in [0.5, 0.6) is 0 Å². The van der Waals surface area contributed by atoms with Crippen molar-refractivity contribution in [3.63, 3.8) is 0 Å². The second-order valence-corrected chi connectivity index (χ2v) is 7.16. The van der Waals surface area contributed by atoms with Gasteiger partial charge < -0.3 is 0 Å². The van der Waals surface area contributed by atoms with Crippen LogP contribution in [0, 0.1) is 0 Å². The fraction of sp³-hybridized carbons (Fsp3) is 0. The van der Waals surface area contributed by atoms with Crippen molar-refractivity contribution in [1.82, 2.24) is 15.8 Å². The average Bonchev–Trinajstić information content (AvgIpc) is 3.18. The van der Waals surface area contributed by atoms with Crippen LogP contribution in [0.2, 0.25) is 0 Å². The van der Waals surface area contributed by atoms with Gasteiger partial charge in [0.2, 0.25) is 0 Å². The number of benzene rings is 1. The molecule has 0 aliphatic heterocycles. The third-order valence-corrected chi connectivity index (χ3v) is 5.87. The van der Waals surface area contributed by atoms with E-state index in [4.69, 9.17) is 0 Å². The highest BCUT2D eigenvalue weighted by Gasteiger charge is 2.15. The van der Waals surface area contributed by atoms with Crippen LogP contribution in [0.4, 0.5) is 0 Å². The molecule has 3 aromatic heterocycles. The fourth-order valence-electron chi connectivity index (χ4n) is 2.35. The molecule has 4 rings (SSSR count). The fourth-order valence-corrected chi connectivity index (χ4v) is 4.77. The number of aromatic nitrogens is 1. The first kappa shape index (κ1) is 14.8. The van der Waals surface area contributed by atoms with Crippen LogP contribution in [0.1, 0.15) is 20.2 Å². The van der Waals surface area contributed by atoms with E-state index in [1.165, 1.54) is 22.2 Å². The molecule has 5 nitrogen and oxygen atoms in total. The van der Waals surface area contributed by atoms with Gasteiger partial charge in [0.25, 0.3) is 11.8 Å². The molecule has 3 heterocycles. The molecule has 0 unspecified atom stereocenters. The predicted molar refractivity (Wildman–Crippen MR) is 96.4 cm³/mol. The lowest BCUT2D eigenvalue weighted by atomic mass is 10.2. The lowest BCUT2D eigenvalue weighted by Gasteiger charge is -2.05. The summed E-state index contributed by atoms with van der Waals surface area (Å²) in [4.78, 5) is 28.6. The van der Waals surface area contributed by atoms with Gasteiger partial charge in [0.05, 0.1) is 9.58 Å². The Morgan fingerprint density at radius 3 is 2.50 bits per heavy atom. The summed E-state index contributed by atoms with van der Waals surface area (Å²) in [5, 5.41) is 1.15. The number of hydrogen-bond acceptors (Lipinski definition) is 5. The Hall–Kier alpha value is -2.77. The smallest absolute Gasteiger partial charge is 0.266 e. The van der Waals surface area contributed by atoms with Crippen molar-refractivity contribution >= 4 is 54.0 Å². The van der Waals surface area contributed by atoms with E-state index in [-0.39, 0.29) is 11.6 Å². The summed E-state index contributed by atoms with van der Waals surface area (Å²) in [7, 11) is 0. The number of thiophene rings is 2. The molecule has 0 fully saturated rings. The maximum absolute atomic E-state index is 12.3. The van der Waals surface area contributed by atoms with Crippen molar-refractivity contribution in [3.8, 4) is 0 Å². The third kappa shape index (κ3) is 2.64. The van der Waals surface area contributed by atoms with E-state index in [1.807, 2.05) is 18.2 Å². The second kappa shape index (κ2) is 6.03. The largest absolute Gasteiger partial charge is 0.288 e. The molecule has 0 aliphatic rings. The first-order valence-corrected chi connectivity index (χ1v) is 8.78. The lowest BCUT2D eigenvalue weighted by Crippen LogP contribution is -2.41. The molecule has 2 N–H and O–H groups in total. The van der Waals surface area contributed by atoms with Gasteiger partial charge in [0, 0.05) is 21.0 Å². The van der Waals surface area contributed by atoms with Gasteiger partial charge in [-0.2, -0.15) is 0 Å². The molecule has 0 bridgehead atoms. The summed E-state index contributed by atoms with van der Waals surface area (Å²) < 4.78 is 3.37. The summed E-state index contributed by atoms with van der Waals surface area (Å²) in [6.45, 7) is 0. The Labute approximate surface area is 144 Å². The molecule has 0 saturated heterocycles. The van der Waals surface area contributed by atoms with Crippen molar-refractivity contribution < 1.29 is 9.59 Å². The monoisotopic (exact) mass is 353 g/mol. The quantitative estimate of drug-likeness (QED) is 0.541. The number of hydrogen-bond donors (Lipinski definition) is 2. The summed E-state index contributed by atoms with van der Waals surface area (Å²) in [6.07, 6.45) is 1.52. The van der Waals surface area contributed by atoms with Crippen molar-refractivity contribution in [1.29, 1.82) is 0 Å². The molecule has 7 heteroatoms. The number of amides is 2. The van der Waals surface area contributed by atoms with E-state index in [0.717, 1.165) is 14.8 Å². The number of pyridine rings is 1. The highest BCUT2D eigenvalue weighted by Crippen LogP contribution is 2.39. The Morgan fingerprint density at radius 1 is 0.875 bits per heavy atom. The second-order valence-electron chi connectivity index (χ2n) is 5.03. The molecule has 2 amide bonds. The van der Waals surface area contributed by atoms with Crippen LogP contribution in [-0.2, 0) is 0 Å². The van der Waals surface area contributed by atoms with Gasteiger partial charge in [-0.1, -0.05) is 24.3 Å². The van der Waals surface area contributed by atoms with Gasteiger partial charge >= 0.3 is 0 Å². The van der Waals surface area contributed by atoms with Crippen LogP contribution >= 0.6 is 22.7 Å². The summed E-state index contributed by atoms with van der Waals surface area (Å²) in [6, 6.07) is 15.0. The number of carbonyl (C=O) groups is 2. The molecule has 0 atom stereocenters. The molecule has 4 aromatic rings. The Balaban J connectivity index is 1.52. The molecule has 0 spiro atoms. The van der Waals surface area contributed by atoms with E-state index in [2.05, 4.69) is 28.0 Å². The summed E-state index contributed by atoms with van der Waals surface area (Å²) in [5.74, 6) is -0.787. The van der Waals surface area contributed by atoms with Gasteiger partial charge in [-0.25, -0.2) is 0 Å². The highest BCUT2D eigenvalue weighted by molar-refractivity contribution is 7.33. The minimum atomic E-state index is -0.451. The Morgan fingerprint density at radius 2 is 1.67 bits per heavy atom. The van der Waals surface area contributed by atoms with E-state index in [9.17, 15) is 9.59 Å². The molecule has 24 heavy (non-hydrogen) atoms. The highest BCUT2D eigenvalue weighted by atomic mass is 32.1. The van der Waals surface area contributed by atoms with E-state index < -0.39 is 5.91 Å². The first-order chi connectivity index (χ1) is 11.7. The van der Waals surface area contributed by atoms with Crippen LogP contribution in [-0.4, -0.2) is 16.8 Å². The topological polar surface area (TPSA) is 71.1 Å². The molecule has 118 valence electrons. The lowest BCUT2D eigenvalue weighted by molar-refractivity contribution is 0.0846. The zero-order chi connectivity index (χ0) is 16.5. The van der Waals surface area contributed by atoms with Crippen molar-refractivity contribution in [2.24, 2.45) is 0 Å². The van der Waals surface area contributed by atoms with Crippen LogP contribution in [0.3, 0.4) is 0 Å². The number of rotatable bonds is 2. The Bertz CT molecular complexity index is 1050. The molecular formula is C17H11N3O2S2. The zero-order valence-electron chi connectivity index (χ0n) is 12.3. The number of carbonyl (C=O) groups excluding carboxylic acids is 2. The van der Waals surface area contributed by atoms with Crippen LogP contribution in [0.25, 0.3) is 19.5 Å². The van der Waals surface area contributed by atoms with Crippen LogP contribution in [0.15, 0.2) is 54.7 Å². The molecule has 0 radical (unpaired) electrons. The zero-order valence-corrected chi connectivity index (χ0v) is 13.9. The average molecular weight is 353 g/mol. The maximum Gasteiger partial charge on any atom is 0.288 e. The number of hydrazine groups is 1. The summed E-state index contributed by atoms with van der Waals surface area (Å²) in [5.41, 5.74) is 5.06. The summed E-state index contributed by atoms with van der Waals surface area (Å²) >= 11 is 3.07. The number of nitrogens with one attached hydrogen (secondary N) is 2. The predicted octanol–water partition coefficient (Wildman–Crippen LogP) is 3.59. The van der Waals surface area contributed by atoms with Crippen molar-refractivity contribution in [3.05, 3.63) is 65.3 Å². The van der Waals surface area contributed by atoms with Gasteiger partial charge in [-0.3, -0.25) is 25.4 Å². The SMILES string of the molecule is O=C(NNC(=O)c1cc2sc3ccccc3c2s1)c1ccccn1. The van der Waals surface area contributed by atoms with Crippen LogP contribution < -0.4 is 10.9 Å². The molecule has 0 saturated carbocycles. The third-order valence-electron chi connectivity index (χ3n) is 3.46. The Kier molecular flexibility index (Phi) is 3.72. The first-order valence-electron chi connectivity index (χ1n) is 7.15. The van der Waals surface area contributed by atoms with Crippen molar-refractivity contribution in [2.45, 2.75) is 0 Å². The molecular weight excluding hydrogens is 342 g/mol. The molecule has 1 aromatic carbocycles. The van der Waals surface area contributed by atoms with E-state index >= 15 is 0 Å². The van der Waals surface area contributed by atoms with Gasteiger partial charge in [0.15, 0.2) is 0 Å². The van der Waals surface area contributed by atoms with E-state index in [1.54, 1.807) is 29.5 Å². The van der Waals surface area contributed by atoms with E-state index in [0.29, 0.717) is 4.88 Å². The number of fused-ring (bicyclic) bond motifs is 3. The normalized spacial score (nSPS) is 10.8. The van der Waals surface area contributed by atoms with Gasteiger partial charge in [0.1, 0.15) is 5.69 Å². The minimum absolute atomic E-state index is 0.246. The van der Waals surface area contributed by atoms with Gasteiger partial charge in [-0.05, 0) is 24.3 Å². The van der Waals surface area contributed by atoms with Gasteiger partial charge in [-0.15, -0.1) is 22.7 Å². The number of nitrogens with zero attached hydrogens (tertiary/aromatic N) is 1. The maximum atomic E-state index is 12.3. The minimum Gasteiger partial charge on any atom is -0.266 e. The van der Waals surface area contributed by atoms with Crippen molar-refractivity contribution in [2.75, 3.05) is 0 Å².